The van der Waals surface area contributed by atoms with Crippen molar-refractivity contribution in [1.82, 2.24) is 5.32 Å². The number of para-hydroxylation sites is 1. The van der Waals surface area contributed by atoms with Crippen LogP contribution >= 0.6 is 0 Å². The van der Waals surface area contributed by atoms with Crippen LogP contribution in [0.5, 0.6) is 5.75 Å². The van der Waals surface area contributed by atoms with Crippen molar-refractivity contribution in [3.63, 3.8) is 0 Å². The smallest absolute Gasteiger partial charge is 0.313 e. The molecule has 1 aliphatic rings. The van der Waals surface area contributed by atoms with E-state index in [0.29, 0.717) is 6.54 Å². The van der Waals surface area contributed by atoms with Gasteiger partial charge in [-0.05, 0) is 37.4 Å². The van der Waals surface area contributed by atoms with Gasteiger partial charge in [-0.15, -0.1) is 0 Å². The predicted molar refractivity (Wildman–Crippen MR) is 73.3 cm³/mol. The van der Waals surface area contributed by atoms with Crippen molar-refractivity contribution in [2.45, 2.75) is 19.3 Å². The maximum atomic E-state index is 11.6. The highest BCUT2D eigenvalue weighted by atomic mass is 16.5. The summed E-state index contributed by atoms with van der Waals surface area (Å²) in [6.07, 6.45) is 2.75. The fourth-order valence-corrected chi connectivity index (χ4v) is 2.28. The minimum Gasteiger partial charge on any atom is -0.496 e. The quantitative estimate of drug-likeness (QED) is 0.602. The molecule has 1 aromatic rings. The molecule has 2 rings (SSSR count). The third kappa shape index (κ3) is 3.26. The molecule has 0 aliphatic heterocycles. The molecule has 0 heterocycles. The van der Waals surface area contributed by atoms with E-state index in [-0.39, 0.29) is 11.4 Å². The topological polar surface area (TPSA) is 47.6 Å². The summed E-state index contributed by atoms with van der Waals surface area (Å²) in [5.41, 5.74) is 0.926. The zero-order chi connectivity index (χ0) is 13.7. The van der Waals surface area contributed by atoms with Gasteiger partial charge in [0.25, 0.3) is 0 Å². The average Bonchev–Trinajstić information content (AvgIpc) is 3.24. The van der Waals surface area contributed by atoms with Gasteiger partial charge in [0.05, 0.1) is 19.6 Å². The third-order valence-electron chi connectivity index (χ3n) is 3.70. The zero-order valence-corrected chi connectivity index (χ0v) is 11.6. The van der Waals surface area contributed by atoms with E-state index in [0.717, 1.165) is 31.6 Å². The van der Waals surface area contributed by atoms with Gasteiger partial charge in [-0.2, -0.15) is 0 Å². The summed E-state index contributed by atoms with van der Waals surface area (Å²) in [5, 5.41) is 3.35. The molecule has 0 atom stereocenters. The predicted octanol–water partition coefficient (Wildman–Crippen LogP) is 1.78. The Balaban J connectivity index is 1.77. The van der Waals surface area contributed by atoms with E-state index in [1.165, 1.54) is 12.7 Å². The lowest BCUT2D eigenvalue weighted by Crippen LogP contribution is -2.32. The number of methoxy groups -OCH3 is 2. The number of carbonyl (C=O) groups is 1. The van der Waals surface area contributed by atoms with Gasteiger partial charge in [-0.1, -0.05) is 18.2 Å². The van der Waals surface area contributed by atoms with Crippen molar-refractivity contribution >= 4 is 5.97 Å². The fourth-order valence-electron chi connectivity index (χ4n) is 2.28. The number of esters is 1. The number of hydrogen-bond acceptors (Lipinski definition) is 4. The minimum absolute atomic E-state index is 0.0858. The van der Waals surface area contributed by atoms with Crippen LogP contribution in [0.3, 0.4) is 0 Å². The van der Waals surface area contributed by atoms with Crippen molar-refractivity contribution in [2.75, 3.05) is 27.3 Å². The Morgan fingerprint density at radius 1 is 1.32 bits per heavy atom. The largest absolute Gasteiger partial charge is 0.496 e. The lowest BCUT2D eigenvalue weighted by molar-refractivity contribution is -0.146. The van der Waals surface area contributed by atoms with Crippen LogP contribution in [0.4, 0.5) is 0 Å². The highest BCUT2D eigenvalue weighted by Crippen LogP contribution is 2.45. The van der Waals surface area contributed by atoms with Crippen LogP contribution < -0.4 is 10.1 Å². The van der Waals surface area contributed by atoms with Crippen LogP contribution in [0.15, 0.2) is 24.3 Å². The van der Waals surface area contributed by atoms with Crippen molar-refractivity contribution in [2.24, 2.45) is 5.41 Å². The van der Waals surface area contributed by atoms with Crippen LogP contribution in [0.25, 0.3) is 0 Å². The van der Waals surface area contributed by atoms with E-state index in [1.807, 2.05) is 18.2 Å². The van der Waals surface area contributed by atoms with Gasteiger partial charge in [-0.25, -0.2) is 0 Å². The van der Waals surface area contributed by atoms with Gasteiger partial charge in [0.2, 0.25) is 0 Å². The van der Waals surface area contributed by atoms with Crippen LogP contribution in [-0.2, 0) is 16.0 Å². The number of ether oxygens (including phenoxy) is 2. The van der Waals surface area contributed by atoms with E-state index in [4.69, 9.17) is 9.47 Å². The molecule has 4 nitrogen and oxygen atoms in total. The van der Waals surface area contributed by atoms with Crippen LogP contribution in [0.1, 0.15) is 18.4 Å². The molecule has 0 saturated heterocycles. The van der Waals surface area contributed by atoms with Gasteiger partial charge < -0.3 is 14.8 Å². The van der Waals surface area contributed by atoms with Crippen LogP contribution in [0.2, 0.25) is 0 Å². The second kappa shape index (κ2) is 6.06. The molecule has 0 bridgehead atoms. The molecule has 1 saturated carbocycles. The molecule has 19 heavy (non-hydrogen) atoms. The third-order valence-corrected chi connectivity index (χ3v) is 3.70. The Bertz CT molecular complexity index is 441. The molecule has 104 valence electrons. The summed E-state index contributed by atoms with van der Waals surface area (Å²) in [6, 6.07) is 8.00. The number of nitrogens with one attached hydrogen (secondary N) is 1. The molecule has 0 aromatic heterocycles. The number of rotatable bonds is 7. The van der Waals surface area contributed by atoms with E-state index in [1.54, 1.807) is 7.11 Å². The Hall–Kier alpha value is -1.55. The molecule has 4 heteroatoms. The molecular formula is C15H21NO3. The summed E-state index contributed by atoms with van der Waals surface area (Å²) in [7, 11) is 3.14. The van der Waals surface area contributed by atoms with Crippen molar-refractivity contribution in [1.29, 1.82) is 0 Å². The maximum Gasteiger partial charge on any atom is 0.313 e. The molecule has 0 unspecified atom stereocenters. The van der Waals surface area contributed by atoms with Gasteiger partial charge in [0.1, 0.15) is 5.75 Å². The summed E-state index contributed by atoms with van der Waals surface area (Å²) in [6.45, 7) is 1.54. The van der Waals surface area contributed by atoms with E-state index in [2.05, 4.69) is 11.4 Å². The Morgan fingerprint density at radius 3 is 2.68 bits per heavy atom. The SMILES string of the molecule is COC(=O)C1(CNCCc2ccccc2OC)CC1. The number of carbonyl (C=O) groups excluding carboxylic acids is 1. The monoisotopic (exact) mass is 263 g/mol. The van der Waals surface area contributed by atoms with Gasteiger partial charge >= 0.3 is 5.97 Å². The molecule has 1 N–H and O–H groups in total. The van der Waals surface area contributed by atoms with Crippen LogP contribution in [0, 0.1) is 5.41 Å². The highest BCUT2D eigenvalue weighted by Gasteiger charge is 2.50. The zero-order valence-electron chi connectivity index (χ0n) is 11.6. The maximum absolute atomic E-state index is 11.6. The lowest BCUT2D eigenvalue weighted by Gasteiger charge is -2.14. The summed E-state index contributed by atoms with van der Waals surface area (Å²) < 4.78 is 10.1. The van der Waals surface area contributed by atoms with Gasteiger partial charge in [0, 0.05) is 6.54 Å². The van der Waals surface area contributed by atoms with Crippen molar-refractivity contribution in [3.05, 3.63) is 29.8 Å². The first kappa shape index (κ1) is 13.9. The standard InChI is InChI=1S/C15H21NO3/c1-18-13-6-4-3-5-12(13)7-10-16-11-15(8-9-15)14(17)19-2/h3-6,16H,7-11H2,1-2H3. The van der Waals surface area contributed by atoms with E-state index >= 15 is 0 Å². The fraction of sp³-hybridized carbons (Fsp3) is 0.533. The number of benzene rings is 1. The second-order valence-corrected chi connectivity index (χ2v) is 5.01. The first-order chi connectivity index (χ1) is 9.22. The van der Waals surface area contributed by atoms with Gasteiger partial charge in [0.15, 0.2) is 0 Å². The first-order valence-corrected chi connectivity index (χ1v) is 6.63. The molecule has 1 aliphatic carbocycles. The molecule has 0 radical (unpaired) electrons. The normalized spacial score (nSPS) is 15.9. The van der Waals surface area contributed by atoms with Crippen LogP contribution in [-0.4, -0.2) is 33.3 Å². The summed E-state index contributed by atoms with van der Waals surface area (Å²) in [4.78, 5) is 11.6. The molecule has 0 spiro atoms. The summed E-state index contributed by atoms with van der Waals surface area (Å²) in [5.74, 6) is 0.829. The van der Waals surface area contributed by atoms with Crippen molar-refractivity contribution < 1.29 is 14.3 Å². The first-order valence-electron chi connectivity index (χ1n) is 6.63. The van der Waals surface area contributed by atoms with E-state index in [9.17, 15) is 4.79 Å². The average molecular weight is 263 g/mol. The lowest BCUT2D eigenvalue weighted by atomic mass is 10.1. The Kier molecular flexibility index (Phi) is 4.43. The summed E-state index contributed by atoms with van der Waals surface area (Å²) >= 11 is 0. The molecule has 0 amide bonds. The second-order valence-electron chi connectivity index (χ2n) is 5.01. The highest BCUT2D eigenvalue weighted by molar-refractivity contribution is 5.80. The molecule has 1 fully saturated rings. The number of hydrogen-bond donors (Lipinski definition) is 1. The van der Waals surface area contributed by atoms with E-state index < -0.39 is 0 Å². The Morgan fingerprint density at radius 2 is 2.05 bits per heavy atom. The molecular weight excluding hydrogens is 242 g/mol. The molecule has 1 aromatic carbocycles. The minimum atomic E-state index is -0.254. The van der Waals surface area contributed by atoms with Gasteiger partial charge in [-0.3, -0.25) is 4.79 Å². The van der Waals surface area contributed by atoms with Crippen molar-refractivity contribution in [3.8, 4) is 5.75 Å². The Labute approximate surface area is 114 Å².